The van der Waals surface area contributed by atoms with E-state index in [1.165, 1.54) is 10.5 Å². The van der Waals surface area contributed by atoms with Crippen molar-refractivity contribution in [1.29, 1.82) is 0 Å². The van der Waals surface area contributed by atoms with Crippen molar-refractivity contribution in [3.05, 3.63) is 41.2 Å². The highest BCUT2D eigenvalue weighted by Crippen LogP contribution is 2.40. The fraction of sp³-hybridized carbons (Fsp3) is 0.476. The number of para-hydroxylation sites is 1. The Morgan fingerprint density at radius 3 is 2.46 bits per heavy atom. The summed E-state index contributed by atoms with van der Waals surface area (Å²) in [6.07, 6.45) is 1.14. The number of carbonyl (C=O) groups excluding carboxylic acids is 2. The van der Waals surface area contributed by atoms with E-state index in [0.29, 0.717) is 6.54 Å². The third-order valence-electron chi connectivity index (χ3n) is 5.95. The quantitative estimate of drug-likeness (QED) is 0.805. The third kappa shape index (κ3) is 2.38. The van der Waals surface area contributed by atoms with Gasteiger partial charge in [-0.1, -0.05) is 32.0 Å². The van der Waals surface area contributed by atoms with E-state index in [9.17, 15) is 9.59 Å². The van der Waals surface area contributed by atoms with Crippen LogP contribution in [-0.2, 0) is 11.2 Å². The summed E-state index contributed by atoms with van der Waals surface area (Å²) in [5, 5.41) is 0. The molecule has 7 nitrogen and oxygen atoms in total. The van der Waals surface area contributed by atoms with Gasteiger partial charge in [0.15, 0.2) is 12.2 Å². The highest BCUT2D eigenvalue weighted by molar-refractivity contribution is 6.10. The number of guanidine groups is 1. The molecule has 7 heteroatoms. The van der Waals surface area contributed by atoms with Gasteiger partial charge in [0.25, 0.3) is 5.91 Å². The first-order valence-corrected chi connectivity index (χ1v) is 9.93. The summed E-state index contributed by atoms with van der Waals surface area (Å²) in [5.41, 5.74) is 4.36. The Labute approximate surface area is 165 Å². The fourth-order valence-electron chi connectivity index (χ4n) is 4.36. The number of likely N-dealkylation sites (N-methyl/N-ethyl adjacent to an activating group) is 1. The Balaban J connectivity index is 1.80. The van der Waals surface area contributed by atoms with E-state index in [4.69, 9.17) is 4.99 Å². The predicted octanol–water partition coefficient (Wildman–Crippen LogP) is 2.99. The SMILES string of the molecule is CCCN1C(=O)C2C(N=C3N(c4ccccc4CC)C(C)=C(C)N32)N(C)C1=O. The minimum Gasteiger partial charge on any atom is -0.302 e. The molecule has 0 N–H and O–H groups in total. The normalized spacial score (nSPS) is 24.2. The van der Waals surface area contributed by atoms with Gasteiger partial charge in [-0.2, -0.15) is 0 Å². The standard InChI is InChI=1S/C21H27N5O2/c1-6-12-24-19(27)17-18(23(5)21(24)28)22-20-25(13(3)14(4)26(17)20)16-11-9-8-10-15(16)7-2/h8-11,17-18H,6-7,12H2,1-5H3. The predicted molar refractivity (Wildman–Crippen MR) is 109 cm³/mol. The summed E-state index contributed by atoms with van der Waals surface area (Å²) >= 11 is 0. The van der Waals surface area contributed by atoms with Crippen LogP contribution in [0.5, 0.6) is 0 Å². The van der Waals surface area contributed by atoms with E-state index in [1.807, 2.05) is 30.9 Å². The van der Waals surface area contributed by atoms with Gasteiger partial charge in [-0.15, -0.1) is 0 Å². The van der Waals surface area contributed by atoms with Gasteiger partial charge in [0.1, 0.15) is 0 Å². The zero-order valence-corrected chi connectivity index (χ0v) is 17.1. The monoisotopic (exact) mass is 381 g/mol. The Morgan fingerprint density at radius 2 is 1.79 bits per heavy atom. The largest absolute Gasteiger partial charge is 0.328 e. The Morgan fingerprint density at radius 1 is 1.07 bits per heavy atom. The molecule has 1 fully saturated rings. The van der Waals surface area contributed by atoms with Crippen LogP contribution in [0.2, 0.25) is 0 Å². The van der Waals surface area contributed by atoms with Crippen molar-refractivity contribution in [2.75, 3.05) is 18.5 Å². The van der Waals surface area contributed by atoms with Gasteiger partial charge in [-0.25, -0.2) is 9.79 Å². The molecule has 3 aliphatic rings. The number of hydrogen-bond donors (Lipinski definition) is 0. The third-order valence-corrected chi connectivity index (χ3v) is 5.95. The molecule has 1 aromatic rings. The number of fused-ring (bicyclic) bond motifs is 3. The molecule has 3 heterocycles. The molecular weight excluding hydrogens is 354 g/mol. The summed E-state index contributed by atoms with van der Waals surface area (Å²) in [5.74, 6) is 0.573. The number of anilines is 1. The Kier molecular flexibility index (Phi) is 4.40. The summed E-state index contributed by atoms with van der Waals surface area (Å²) in [4.78, 5) is 37.9. The summed E-state index contributed by atoms with van der Waals surface area (Å²) in [6.45, 7) is 8.61. The number of benzene rings is 1. The number of aliphatic imine (C=N–C) groups is 1. The van der Waals surface area contributed by atoms with Crippen LogP contribution in [0.1, 0.15) is 39.7 Å². The van der Waals surface area contributed by atoms with Crippen LogP contribution in [-0.4, -0.2) is 58.4 Å². The minimum absolute atomic E-state index is 0.161. The fourth-order valence-corrected chi connectivity index (χ4v) is 4.36. The van der Waals surface area contributed by atoms with E-state index in [1.54, 1.807) is 11.9 Å². The molecule has 0 aromatic heterocycles. The first-order valence-electron chi connectivity index (χ1n) is 9.93. The number of carbonyl (C=O) groups is 2. The van der Waals surface area contributed by atoms with Crippen LogP contribution >= 0.6 is 0 Å². The molecule has 1 saturated heterocycles. The maximum absolute atomic E-state index is 13.2. The Bertz CT molecular complexity index is 906. The molecule has 28 heavy (non-hydrogen) atoms. The maximum atomic E-state index is 13.2. The van der Waals surface area contributed by atoms with E-state index in [-0.39, 0.29) is 11.9 Å². The Hall–Kier alpha value is -2.83. The van der Waals surface area contributed by atoms with Crippen molar-refractivity contribution in [2.45, 2.75) is 52.7 Å². The van der Waals surface area contributed by atoms with Crippen molar-refractivity contribution in [2.24, 2.45) is 4.99 Å². The van der Waals surface area contributed by atoms with Crippen LogP contribution in [0.4, 0.5) is 10.5 Å². The van der Waals surface area contributed by atoms with E-state index in [2.05, 4.69) is 30.9 Å². The zero-order chi connectivity index (χ0) is 20.2. The summed E-state index contributed by atoms with van der Waals surface area (Å²) in [6, 6.07) is 7.50. The topological polar surface area (TPSA) is 59.5 Å². The number of imide groups is 1. The minimum atomic E-state index is -0.502. The number of urea groups is 1. The van der Waals surface area contributed by atoms with Gasteiger partial charge in [0, 0.05) is 25.0 Å². The molecule has 148 valence electrons. The number of nitrogens with zero attached hydrogens (tertiary/aromatic N) is 5. The van der Waals surface area contributed by atoms with E-state index in [0.717, 1.165) is 35.9 Å². The molecule has 4 rings (SSSR count). The van der Waals surface area contributed by atoms with Crippen molar-refractivity contribution < 1.29 is 9.59 Å². The average molecular weight is 381 g/mol. The molecular formula is C21H27N5O2. The molecule has 0 aliphatic carbocycles. The van der Waals surface area contributed by atoms with Crippen LogP contribution in [0.25, 0.3) is 0 Å². The number of rotatable bonds is 4. The lowest BCUT2D eigenvalue weighted by molar-refractivity contribution is -0.136. The van der Waals surface area contributed by atoms with Gasteiger partial charge >= 0.3 is 6.03 Å². The number of aryl methyl sites for hydroxylation is 1. The molecule has 2 atom stereocenters. The van der Waals surface area contributed by atoms with Gasteiger partial charge in [-0.3, -0.25) is 19.5 Å². The van der Waals surface area contributed by atoms with E-state index < -0.39 is 12.2 Å². The molecule has 3 aliphatic heterocycles. The van der Waals surface area contributed by atoms with Crippen LogP contribution < -0.4 is 4.90 Å². The lowest BCUT2D eigenvalue weighted by Gasteiger charge is -2.40. The van der Waals surface area contributed by atoms with Crippen LogP contribution in [0.15, 0.2) is 40.7 Å². The summed E-state index contributed by atoms with van der Waals surface area (Å²) < 4.78 is 0. The number of amides is 3. The van der Waals surface area contributed by atoms with Crippen molar-refractivity contribution in [1.82, 2.24) is 14.7 Å². The number of hydrogen-bond acceptors (Lipinski definition) is 5. The molecule has 0 saturated carbocycles. The highest BCUT2D eigenvalue weighted by atomic mass is 16.2. The first kappa shape index (κ1) is 18.5. The van der Waals surface area contributed by atoms with Crippen molar-refractivity contribution >= 4 is 23.6 Å². The lowest BCUT2D eigenvalue weighted by atomic mass is 10.1. The highest BCUT2D eigenvalue weighted by Gasteiger charge is 2.55. The van der Waals surface area contributed by atoms with Gasteiger partial charge in [0.05, 0.1) is 5.69 Å². The molecule has 0 spiro atoms. The van der Waals surface area contributed by atoms with Gasteiger partial charge in [-0.05, 0) is 38.3 Å². The van der Waals surface area contributed by atoms with E-state index >= 15 is 0 Å². The average Bonchev–Trinajstić information content (AvgIpc) is 3.19. The zero-order valence-electron chi connectivity index (χ0n) is 17.1. The second-order valence-corrected chi connectivity index (χ2v) is 7.53. The second-order valence-electron chi connectivity index (χ2n) is 7.53. The molecule has 2 unspecified atom stereocenters. The smallest absolute Gasteiger partial charge is 0.302 e. The number of allylic oxidation sites excluding steroid dienone is 2. The first-order chi connectivity index (χ1) is 13.4. The van der Waals surface area contributed by atoms with Gasteiger partial charge in [0.2, 0.25) is 5.96 Å². The molecule has 0 bridgehead atoms. The van der Waals surface area contributed by atoms with Crippen LogP contribution in [0, 0.1) is 0 Å². The lowest BCUT2D eigenvalue weighted by Crippen LogP contribution is -2.64. The summed E-state index contributed by atoms with van der Waals surface area (Å²) in [7, 11) is 1.73. The molecule has 1 aromatic carbocycles. The van der Waals surface area contributed by atoms with Crippen molar-refractivity contribution in [3.8, 4) is 0 Å². The maximum Gasteiger partial charge on any atom is 0.328 e. The van der Waals surface area contributed by atoms with Crippen molar-refractivity contribution in [3.63, 3.8) is 0 Å². The second kappa shape index (κ2) is 6.65. The molecule has 3 amide bonds. The van der Waals surface area contributed by atoms with Gasteiger partial charge < -0.3 is 4.90 Å². The molecule has 0 radical (unpaired) electrons. The van der Waals surface area contributed by atoms with Crippen LogP contribution in [0.3, 0.4) is 0 Å².